The number of nitrogens with one attached hydrogen (secondary N) is 2. The van der Waals surface area contributed by atoms with Crippen LogP contribution in [0.4, 0.5) is 5.69 Å². The fraction of sp³-hybridized carbons (Fsp3) is 0.412. The summed E-state index contributed by atoms with van der Waals surface area (Å²) in [4.78, 5) is 29.0. The Morgan fingerprint density at radius 1 is 1.42 bits per heavy atom. The second-order valence-electron chi connectivity index (χ2n) is 6.85. The Kier molecular flexibility index (Phi) is 3.19. The van der Waals surface area contributed by atoms with E-state index in [-0.39, 0.29) is 17.9 Å². The molecular weight excluding hydrogens is 306 g/mol. The lowest BCUT2D eigenvalue weighted by atomic mass is 9.85. The van der Waals surface area contributed by atoms with Crippen molar-refractivity contribution in [3.63, 3.8) is 0 Å². The smallest absolute Gasteiger partial charge is 0.251 e. The first kappa shape index (κ1) is 14.9. The Hall–Kier alpha value is -2.70. The van der Waals surface area contributed by atoms with E-state index in [2.05, 4.69) is 20.7 Å². The van der Waals surface area contributed by atoms with Gasteiger partial charge in [-0.25, -0.2) is 9.67 Å². The second-order valence-corrected chi connectivity index (χ2v) is 6.85. The van der Waals surface area contributed by atoms with Gasteiger partial charge in [-0.15, -0.1) is 0 Å². The van der Waals surface area contributed by atoms with Gasteiger partial charge in [-0.2, -0.15) is 5.10 Å². The quantitative estimate of drug-likeness (QED) is 0.881. The predicted molar refractivity (Wildman–Crippen MR) is 87.6 cm³/mol. The topological polar surface area (TPSA) is 88.9 Å². The number of nitrogens with zero attached hydrogens (tertiary/aromatic N) is 3. The maximum absolute atomic E-state index is 12.7. The van der Waals surface area contributed by atoms with Crippen LogP contribution in [0.1, 0.15) is 54.5 Å². The van der Waals surface area contributed by atoms with Crippen molar-refractivity contribution in [2.24, 2.45) is 0 Å². The van der Waals surface area contributed by atoms with Crippen molar-refractivity contribution in [3.8, 4) is 0 Å². The van der Waals surface area contributed by atoms with Crippen molar-refractivity contribution in [2.45, 2.75) is 44.7 Å². The molecule has 7 heteroatoms. The normalized spacial score (nSPS) is 20.9. The summed E-state index contributed by atoms with van der Waals surface area (Å²) in [7, 11) is 0. The summed E-state index contributed by atoms with van der Waals surface area (Å²) in [5, 5.41) is 10.1. The first-order valence-corrected chi connectivity index (χ1v) is 8.11. The Balaban J connectivity index is 1.59. The van der Waals surface area contributed by atoms with Gasteiger partial charge >= 0.3 is 0 Å². The molecule has 7 nitrogen and oxygen atoms in total. The monoisotopic (exact) mass is 325 g/mol. The Labute approximate surface area is 139 Å². The fourth-order valence-corrected chi connectivity index (χ4v) is 3.38. The Morgan fingerprint density at radius 3 is 3.08 bits per heavy atom. The van der Waals surface area contributed by atoms with Gasteiger partial charge in [0.05, 0.1) is 11.5 Å². The lowest BCUT2D eigenvalue weighted by Crippen LogP contribution is -2.33. The number of anilines is 1. The maximum atomic E-state index is 12.7. The number of carbonyl (C=O) groups is 2. The van der Waals surface area contributed by atoms with E-state index in [1.807, 2.05) is 18.5 Å². The van der Waals surface area contributed by atoms with Crippen LogP contribution >= 0.6 is 0 Å². The minimum atomic E-state index is -0.628. The van der Waals surface area contributed by atoms with Crippen LogP contribution in [-0.2, 0) is 16.8 Å². The highest BCUT2D eigenvalue weighted by Gasteiger charge is 2.38. The van der Waals surface area contributed by atoms with Crippen LogP contribution in [0.5, 0.6) is 0 Å². The fourth-order valence-electron chi connectivity index (χ4n) is 3.38. The van der Waals surface area contributed by atoms with Crippen LogP contribution in [-0.4, -0.2) is 26.6 Å². The van der Waals surface area contributed by atoms with Crippen LogP contribution in [0.25, 0.3) is 0 Å². The summed E-state index contributed by atoms with van der Waals surface area (Å²) in [6.07, 6.45) is 3.33. The Bertz CT molecular complexity index is 839. The number of aromatic nitrogens is 3. The molecule has 0 fully saturated rings. The third-order valence-electron chi connectivity index (χ3n) is 4.90. The highest BCUT2D eigenvalue weighted by Crippen LogP contribution is 2.37. The van der Waals surface area contributed by atoms with Crippen molar-refractivity contribution in [2.75, 3.05) is 5.32 Å². The standard InChI is InChI=1S/C17H19N5O2/c1-17(2)11-8-10(5-6-12(11)21-16(17)24)15(23)20-13-4-3-7-22-14(13)18-9-19-22/h5-6,8-9,13H,3-4,7H2,1-2H3,(H,20,23)(H,21,24)/t13-/m0/s1. The molecule has 3 heterocycles. The summed E-state index contributed by atoms with van der Waals surface area (Å²) >= 11 is 0. The molecule has 0 bridgehead atoms. The molecule has 0 unspecified atom stereocenters. The first-order chi connectivity index (χ1) is 11.5. The molecule has 2 aliphatic heterocycles. The number of aryl methyl sites for hydroxylation is 1. The largest absolute Gasteiger partial charge is 0.342 e. The number of carbonyl (C=O) groups excluding carboxylic acids is 2. The van der Waals surface area contributed by atoms with E-state index in [0.29, 0.717) is 5.56 Å². The van der Waals surface area contributed by atoms with Crippen LogP contribution in [0, 0.1) is 0 Å². The van der Waals surface area contributed by atoms with Gasteiger partial charge in [0.25, 0.3) is 5.91 Å². The minimum absolute atomic E-state index is 0.0459. The van der Waals surface area contributed by atoms with E-state index in [0.717, 1.165) is 36.5 Å². The molecule has 1 aromatic heterocycles. The van der Waals surface area contributed by atoms with Crippen molar-refractivity contribution >= 4 is 17.5 Å². The van der Waals surface area contributed by atoms with Crippen LogP contribution in [0.2, 0.25) is 0 Å². The van der Waals surface area contributed by atoms with E-state index in [1.165, 1.54) is 6.33 Å². The summed E-state index contributed by atoms with van der Waals surface area (Å²) in [6, 6.07) is 5.20. The van der Waals surface area contributed by atoms with E-state index >= 15 is 0 Å². The highest BCUT2D eigenvalue weighted by atomic mass is 16.2. The minimum Gasteiger partial charge on any atom is -0.342 e. The third-order valence-corrected chi connectivity index (χ3v) is 4.90. The van der Waals surface area contributed by atoms with Gasteiger partial charge in [-0.3, -0.25) is 9.59 Å². The average Bonchev–Trinajstić information content (AvgIpc) is 3.12. The van der Waals surface area contributed by atoms with Crippen molar-refractivity contribution < 1.29 is 9.59 Å². The molecule has 2 aromatic rings. The van der Waals surface area contributed by atoms with Gasteiger partial charge < -0.3 is 10.6 Å². The number of hydrogen-bond donors (Lipinski definition) is 2. The van der Waals surface area contributed by atoms with Crippen molar-refractivity contribution in [1.29, 1.82) is 0 Å². The van der Waals surface area contributed by atoms with Crippen LogP contribution in [0.15, 0.2) is 24.5 Å². The molecule has 1 aromatic carbocycles. The molecule has 0 spiro atoms. The number of amides is 2. The van der Waals surface area contributed by atoms with Gasteiger partial charge in [0.15, 0.2) is 0 Å². The third kappa shape index (κ3) is 2.19. The molecule has 0 aliphatic carbocycles. The lowest BCUT2D eigenvalue weighted by Gasteiger charge is -2.23. The summed E-state index contributed by atoms with van der Waals surface area (Å²) < 4.78 is 1.84. The SMILES string of the molecule is CC1(C)C(=O)Nc2ccc(C(=O)N[C@H]3CCCn4ncnc43)cc21. The van der Waals surface area contributed by atoms with E-state index in [9.17, 15) is 9.59 Å². The molecular formula is C17H19N5O2. The van der Waals surface area contributed by atoms with E-state index < -0.39 is 5.41 Å². The second kappa shape index (κ2) is 5.15. The average molecular weight is 325 g/mol. The zero-order valence-corrected chi connectivity index (χ0v) is 13.7. The molecule has 0 saturated heterocycles. The maximum Gasteiger partial charge on any atom is 0.251 e. The molecule has 1 atom stereocenters. The van der Waals surface area contributed by atoms with Crippen molar-refractivity contribution in [3.05, 3.63) is 41.5 Å². The molecule has 0 radical (unpaired) electrons. The summed E-state index contributed by atoms with van der Waals surface area (Å²) in [6.45, 7) is 4.56. The van der Waals surface area contributed by atoms with Gasteiger partial charge in [0.1, 0.15) is 12.2 Å². The molecule has 24 heavy (non-hydrogen) atoms. The van der Waals surface area contributed by atoms with Gasteiger partial charge in [-0.05, 0) is 50.5 Å². The molecule has 0 saturated carbocycles. The molecule has 124 valence electrons. The Morgan fingerprint density at radius 2 is 2.25 bits per heavy atom. The molecule has 2 amide bonds. The summed E-state index contributed by atoms with van der Waals surface area (Å²) in [5.74, 6) is 0.595. The number of hydrogen-bond acceptors (Lipinski definition) is 4. The summed E-state index contributed by atoms with van der Waals surface area (Å²) in [5.41, 5.74) is 1.55. The highest BCUT2D eigenvalue weighted by molar-refractivity contribution is 6.07. The van der Waals surface area contributed by atoms with Crippen molar-refractivity contribution in [1.82, 2.24) is 20.1 Å². The molecule has 2 aliphatic rings. The predicted octanol–water partition coefficient (Wildman–Crippen LogP) is 1.77. The molecule has 4 rings (SSSR count). The van der Waals surface area contributed by atoms with Crippen LogP contribution < -0.4 is 10.6 Å². The zero-order chi connectivity index (χ0) is 16.9. The van der Waals surface area contributed by atoms with Gasteiger partial charge in [-0.1, -0.05) is 0 Å². The lowest BCUT2D eigenvalue weighted by molar-refractivity contribution is -0.119. The number of benzene rings is 1. The first-order valence-electron chi connectivity index (χ1n) is 8.11. The molecule has 2 N–H and O–H groups in total. The van der Waals surface area contributed by atoms with E-state index in [1.54, 1.807) is 18.2 Å². The van der Waals surface area contributed by atoms with Gasteiger partial charge in [0, 0.05) is 17.8 Å². The van der Waals surface area contributed by atoms with Gasteiger partial charge in [0.2, 0.25) is 5.91 Å². The number of fused-ring (bicyclic) bond motifs is 2. The van der Waals surface area contributed by atoms with Crippen LogP contribution in [0.3, 0.4) is 0 Å². The zero-order valence-electron chi connectivity index (χ0n) is 13.7. The number of rotatable bonds is 2. The van der Waals surface area contributed by atoms with E-state index in [4.69, 9.17) is 0 Å².